The van der Waals surface area contributed by atoms with Crippen LogP contribution in [0.5, 0.6) is 11.5 Å². The molecule has 0 aromatic heterocycles. The molecule has 2 N–H and O–H groups in total. The fourth-order valence-corrected chi connectivity index (χ4v) is 3.85. The first-order valence-corrected chi connectivity index (χ1v) is 8.49. The minimum Gasteiger partial charge on any atom is -0.490 e. The zero-order valence-electron chi connectivity index (χ0n) is 13.8. The molecule has 0 radical (unpaired) electrons. The molecule has 3 atom stereocenters. The number of carboxylic acids is 1. The molecule has 0 heterocycles. The Morgan fingerprint density at radius 1 is 1.21 bits per heavy atom. The fraction of sp³-hybridized carbons (Fsp3) is 0.556. The van der Waals surface area contributed by atoms with E-state index in [1.165, 1.54) is 19.3 Å². The fourth-order valence-electron chi connectivity index (χ4n) is 3.85. The normalized spacial score (nSPS) is 24.6. The van der Waals surface area contributed by atoms with Crippen molar-refractivity contribution in [2.24, 2.45) is 11.8 Å². The van der Waals surface area contributed by atoms with Crippen LogP contribution in [0.3, 0.4) is 0 Å². The average Bonchev–Trinajstić information content (AvgIpc) is 3.16. The molecule has 24 heavy (non-hydrogen) atoms. The Hall–Kier alpha value is -2.24. The molecule has 3 unspecified atom stereocenters. The second kappa shape index (κ2) is 7.11. The molecular weight excluding hydrogens is 310 g/mol. The van der Waals surface area contributed by atoms with Crippen LogP contribution in [0.2, 0.25) is 0 Å². The summed E-state index contributed by atoms with van der Waals surface area (Å²) >= 11 is 0. The summed E-state index contributed by atoms with van der Waals surface area (Å²) in [6, 6.07) is 5.12. The minimum absolute atomic E-state index is 0.113. The molecule has 0 aliphatic heterocycles. The number of hydrogen-bond acceptors (Lipinski definition) is 4. The smallest absolute Gasteiger partial charge is 0.341 e. The summed E-state index contributed by atoms with van der Waals surface area (Å²) in [5, 5.41) is 11.9. The largest absolute Gasteiger partial charge is 0.490 e. The number of amides is 1. The second-order valence-electron chi connectivity index (χ2n) is 6.53. The molecule has 1 aromatic rings. The molecule has 1 aromatic carbocycles. The van der Waals surface area contributed by atoms with Crippen LogP contribution in [0.25, 0.3) is 0 Å². The van der Waals surface area contributed by atoms with Crippen LogP contribution in [-0.4, -0.2) is 36.2 Å². The van der Waals surface area contributed by atoms with Gasteiger partial charge in [0.1, 0.15) is 0 Å². The molecule has 2 fully saturated rings. The summed E-state index contributed by atoms with van der Waals surface area (Å²) in [7, 11) is 0. The molecule has 130 valence electrons. The topological polar surface area (TPSA) is 84.9 Å². The number of carbonyl (C=O) groups excluding carboxylic acids is 1. The van der Waals surface area contributed by atoms with E-state index < -0.39 is 12.6 Å². The molecule has 0 saturated heterocycles. The van der Waals surface area contributed by atoms with E-state index in [1.54, 1.807) is 18.2 Å². The van der Waals surface area contributed by atoms with Gasteiger partial charge in [-0.1, -0.05) is 6.42 Å². The highest BCUT2D eigenvalue weighted by molar-refractivity contribution is 5.95. The van der Waals surface area contributed by atoms with E-state index >= 15 is 0 Å². The third-order valence-electron chi connectivity index (χ3n) is 4.91. The van der Waals surface area contributed by atoms with E-state index in [0.29, 0.717) is 29.6 Å². The third-order valence-corrected chi connectivity index (χ3v) is 4.91. The lowest BCUT2D eigenvalue weighted by Gasteiger charge is -2.23. The summed E-state index contributed by atoms with van der Waals surface area (Å²) in [4.78, 5) is 23.2. The van der Waals surface area contributed by atoms with Crippen LogP contribution < -0.4 is 14.8 Å². The zero-order chi connectivity index (χ0) is 17.1. The summed E-state index contributed by atoms with van der Waals surface area (Å²) < 4.78 is 10.7. The Kier molecular flexibility index (Phi) is 4.92. The van der Waals surface area contributed by atoms with Crippen molar-refractivity contribution < 1.29 is 24.2 Å². The second-order valence-corrected chi connectivity index (χ2v) is 6.53. The van der Waals surface area contributed by atoms with Crippen molar-refractivity contribution >= 4 is 11.9 Å². The molecular formula is C18H23NO5. The Morgan fingerprint density at radius 2 is 2.04 bits per heavy atom. The molecule has 6 heteroatoms. The summed E-state index contributed by atoms with van der Waals surface area (Å²) in [5.41, 5.74) is 0.504. The number of aliphatic carboxylic acids is 1. The van der Waals surface area contributed by atoms with Crippen LogP contribution in [0, 0.1) is 11.8 Å². The van der Waals surface area contributed by atoms with Gasteiger partial charge < -0.3 is 19.9 Å². The van der Waals surface area contributed by atoms with Gasteiger partial charge in [0, 0.05) is 11.6 Å². The van der Waals surface area contributed by atoms with Crippen molar-refractivity contribution in [3.05, 3.63) is 23.8 Å². The van der Waals surface area contributed by atoms with Crippen molar-refractivity contribution in [2.45, 2.75) is 38.6 Å². The number of nitrogens with one attached hydrogen (secondary N) is 1. The lowest BCUT2D eigenvalue weighted by atomic mass is 9.95. The number of fused-ring (bicyclic) bond motifs is 2. The van der Waals surface area contributed by atoms with Crippen LogP contribution in [-0.2, 0) is 4.79 Å². The highest BCUT2D eigenvalue weighted by Crippen LogP contribution is 2.44. The van der Waals surface area contributed by atoms with Crippen LogP contribution in [0.15, 0.2) is 18.2 Å². The zero-order valence-corrected chi connectivity index (χ0v) is 13.8. The number of hydrogen-bond donors (Lipinski definition) is 2. The molecule has 6 nitrogen and oxygen atoms in total. The summed E-state index contributed by atoms with van der Waals surface area (Å²) in [6.07, 6.45) is 4.81. The summed E-state index contributed by atoms with van der Waals surface area (Å²) in [6.45, 7) is 1.78. The van der Waals surface area contributed by atoms with E-state index in [0.717, 1.165) is 12.3 Å². The van der Waals surface area contributed by atoms with Gasteiger partial charge in [-0.2, -0.15) is 0 Å². The van der Waals surface area contributed by atoms with Crippen molar-refractivity contribution in [1.82, 2.24) is 5.32 Å². The average molecular weight is 333 g/mol. The van der Waals surface area contributed by atoms with Crippen molar-refractivity contribution in [3.63, 3.8) is 0 Å². The number of ether oxygens (including phenoxy) is 2. The monoisotopic (exact) mass is 333 g/mol. The maximum atomic E-state index is 12.5. The van der Waals surface area contributed by atoms with Gasteiger partial charge in [0.05, 0.1) is 6.61 Å². The first kappa shape index (κ1) is 16.6. The molecule has 0 spiro atoms. The maximum Gasteiger partial charge on any atom is 0.341 e. The Labute approximate surface area is 141 Å². The molecule has 2 bridgehead atoms. The van der Waals surface area contributed by atoms with Crippen LogP contribution in [0.4, 0.5) is 0 Å². The van der Waals surface area contributed by atoms with Crippen LogP contribution in [0.1, 0.15) is 43.0 Å². The lowest BCUT2D eigenvalue weighted by Crippen LogP contribution is -2.38. The minimum atomic E-state index is -1.06. The van der Waals surface area contributed by atoms with Crippen molar-refractivity contribution in [2.75, 3.05) is 13.2 Å². The van der Waals surface area contributed by atoms with E-state index in [-0.39, 0.29) is 11.9 Å². The van der Waals surface area contributed by atoms with Gasteiger partial charge in [-0.05, 0) is 56.2 Å². The SMILES string of the molecule is CCOc1cc(C(=O)NC2CC3CCC2C3)ccc1OCC(=O)O. The molecule has 2 saturated carbocycles. The predicted molar refractivity (Wildman–Crippen MR) is 87.4 cm³/mol. The van der Waals surface area contributed by atoms with Crippen molar-refractivity contribution in [1.29, 1.82) is 0 Å². The standard InChI is InChI=1S/C18H23NO5/c1-2-23-16-9-13(5-6-15(16)24-10-17(20)21)18(22)19-14-8-11-3-4-12(14)7-11/h5-6,9,11-12,14H,2-4,7-8,10H2,1H3,(H,19,22)(H,20,21). The summed E-state index contributed by atoms with van der Waals surface area (Å²) in [5.74, 6) is 0.929. The van der Waals surface area contributed by atoms with E-state index in [9.17, 15) is 9.59 Å². The molecule has 3 rings (SSSR count). The first-order chi connectivity index (χ1) is 11.6. The lowest BCUT2D eigenvalue weighted by molar-refractivity contribution is -0.139. The number of carboxylic acid groups (broad SMARTS) is 1. The van der Waals surface area contributed by atoms with Gasteiger partial charge in [0.25, 0.3) is 5.91 Å². The van der Waals surface area contributed by atoms with Crippen molar-refractivity contribution in [3.8, 4) is 11.5 Å². The third kappa shape index (κ3) is 3.63. The van der Waals surface area contributed by atoms with Gasteiger partial charge in [-0.15, -0.1) is 0 Å². The highest BCUT2D eigenvalue weighted by atomic mass is 16.5. The van der Waals surface area contributed by atoms with Gasteiger partial charge in [0.2, 0.25) is 0 Å². The van der Waals surface area contributed by atoms with E-state index in [4.69, 9.17) is 14.6 Å². The van der Waals surface area contributed by atoms with E-state index in [2.05, 4.69) is 5.32 Å². The molecule has 1 amide bonds. The quantitative estimate of drug-likeness (QED) is 0.801. The van der Waals surface area contributed by atoms with Gasteiger partial charge in [-0.25, -0.2) is 4.79 Å². The Balaban J connectivity index is 1.69. The highest BCUT2D eigenvalue weighted by Gasteiger charge is 2.40. The van der Waals surface area contributed by atoms with Gasteiger partial charge in [-0.3, -0.25) is 4.79 Å². The molecule has 2 aliphatic carbocycles. The predicted octanol–water partition coefficient (Wildman–Crippen LogP) is 2.47. The van der Waals surface area contributed by atoms with Crippen LogP contribution >= 0.6 is 0 Å². The number of carbonyl (C=O) groups is 2. The first-order valence-electron chi connectivity index (χ1n) is 8.49. The molecule has 2 aliphatic rings. The van der Waals surface area contributed by atoms with Gasteiger partial charge >= 0.3 is 5.97 Å². The van der Waals surface area contributed by atoms with Gasteiger partial charge in [0.15, 0.2) is 18.1 Å². The van der Waals surface area contributed by atoms with E-state index in [1.807, 2.05) is 6.92 Å². The Bertz CT molecular complexity index is 630. The number of rotatable bonds is 7. The number of benzene rings is 1. The Morgan fingerprint density at radius 3 is 2.67 bits per heavy atom. The maximum absolute atomic E-state index is 12.5.